The molecule has 1 unspecified atom stereocenters. The summed E-state index contributed by atoms with van der Waals surface area (Å²) >= 11 is 0. The van der Waals surface area contributed by atoms with Crippen molar-refractivity contribution in [2.75, 3.05) is 13.7 Å². The smallest absolute Gasteiger partial charge is 0.328 e. The second kappa shape index (κ2) is 5.80. The number of nitrogens with one attached hydrogen (secondary N) is 2. The van der Waals surface area contributed by atoms with E-state index in [9.17, 15) is 14.4 Å². The molecule has 7 heteroatoms. The zero-order valence-electron chi connectivity index (χ0n) is 9.10. The maximum atomic E-state index is 11.6. The Kier molecular flexibility index (Phi) is 4.41. The van der Waals surface area contributed by atoms with Crippen molar-refractivity contribution in [1.29, 1.82) is 0 Å². The molecular formula is C10H12N2O5. The van der Waals surface area contributed by atoms with Crippen molar-refractivity contribution in [3.05, 3.63) is 34.2 Å². The number of hydrogen-bond acceptors (Lipinski definition) is 4. The first-order chi connectivity index (χ1) is 8.04. The zero-order chi connectivity index (χ0) is 12.8. The summed E-state index contributed by atoms with van der Waals surface area (Å²) in [4.78, 5) is 35.6. The Morgan fingerprint density at radius 3 is 2.76 bits per heavy atom. The van der Waals surface area contributed by atoms with Gasteiger partial charge < -0.3 is 20.1 Å². The van der Waals surface area contributed by atoms with E-state index in [1.54, 1.807) is 0 Å². The molecule has 0 aliphatic rings. The first kappa shape index (κ1) is 12.9. The molecule has 1 aromatic heterocycles. The van der Waals surface area contributed by atoms with Gasteiger partial charge >= 0.3 is 5.97 Å². The molecule has 0 radical (unpaired) electrons. The van der Waals surface area contributed by atoms with Crippen molar-refractivity contribution in [2.24, 2.45) is 0 Å². The number of methoxy groups -OCH3 is 1. The number of carboxylic acids is 1. The van der Waals surface area contributed by atoms with E-state index in [1.165, 1.54) is 25.3 Å². The summed E-state index contributed by atoms with van der Waals surface area (Å²) in [5.41, 5.74) is -0.434. The fraction of sp³-hybridized carbons (Fsp3) is 0.300. The number of ether oxygens (including phenoxy) is 1. The van der Waals surface area contributed by atoms with Crippen LogP contribution >= 0.6 is 0 Å². The molecule has 0 aliphatic carbocycles. The van der Waals surface area contributed by atoms with Crippen LogP contribution < -0.4 is 10.9 Å². The van der Waals surface area contributed by atoms with Crippen molar-refractivity contribution >= 4 is 11.9 Å². The van der Waals surface area contributed by atoms with Gasteiger partial charge in [0.05, 0.1) is 6.61 Å². The van der Waals surface area contributed by atoms with Gasteiger partial charge in [0.2, 0.25) is 5.56 Å². The minimum atomic E-state index is -1.21. The summed E-state index contributed by atoms with van der Waals surface area (Å²) in [6.07, 6.45) is 0. The molecule has 0 spiro atoms. The minimum Gasteiger partial charge on any atom is -0.480 e. The summed E-state index contributed by atoms with van der Waals surface area (Å²) in [5, 5.41) is 11.0. The second-order valence-corrected chi connectivity index (χ2v) is 3.25. The predicted molar refractivity (Wildman–Crippen MR) is 57.8 cm³/mol. The summed E-state index contributed by atoms with van der Waals surface area (Å²) in [5.74, 6) is -1.88. The van der Waals surface area contributed by atoms with Gasteiger partial charge in [0.25, 0.3) is 5.91 Å². The lowest BCUT2D eigenvalue weighted by Crippen LogP contribution is -2.44. The quantitative estimate of drug-likeness (QED) is 0.624. The molecule has 1 amide bonds. The topological polar surface area (TPSA) is 108 Å². The highest BCUT2D eigenvalue weighted by Gasteiger charge is 2.20. The molecule has 1 heterocycles. The lowest BCUT2D eigenvalue weighted by Gasteiger charge is -2.12. The molecule has 1 rings (SSSR count). The highest BCUT2D eigenvalue weighted by Crippen LogP contribution is 1.93. The SMILES string of the molecule is COCC(NC(=O)c1cccc(=O)[nH]1)C(=O)O. The van der Waals surface area contributed by atoms with Crippen molar-refractivity contribution in [1.82, 2.24) is 10.3 Å². The Hall–Kier alpha value is -2.15. The number of H-pyrrole nitrogens is 1. The molecule has 0 aliphatic heterocycles. The van der Waals surface area contributed by atoms with Crippen molar-refractivity contribution in [3.8, 4) is 0 Å². The van der Waals surface area contributed by atoms with E-state index in [2.05, 4.69) is 15.0 Å². The Morgan fingerprint density at radius 1 is 1.53 bits per heavy atom. The monoisotopic (exact) mass is 240 g/mol. The number of carbonyl (C=O) groups is 2. The highest BCUT2D eigenvalue weighted by atomic mass is 16.5. The van der Waals surface area contributed by atoms with Gasteiger partial charge in [0.15, 0.2) is 6.04 Å². The third kappa shape index (κ3) is 3.72. The van der Waals surface area contributed by atoms with Crippen LogP contribution in [0, 0.1) is 0 Å². The Balaban J connectivity index is 2.77. The van der Waals surface area contributed by atoms with Crippen LogP contribution in [0.1, 0.15) is 10.5 Å². The first-order valence-electron chi connectivity index (χ1n) is 4.76. The second-order valence-electron chi connectivity index (χ2n) is 3.25. The molecule has 1 aromatic rings. The molecule has 92 valence electrons. The Bertz CT molecular complexity index is 468. The fourth-order valence-electron chi connectivity index (χ4n) is 1.16. The fourth-order valence-corrected chi connectivity index (χ4v) is 1.16. The highest BCUT2D eigenvalue weighted by molar-refractivity contribution is 5.94. The Morgan fingerprint density at radius 2 is 2.24 bits per heavy atom. The van der Waals surface area contributed by atoms with Crippen LogP contribution in [0.2, 0.25) is 0 Å². The van der Waals surface area contributed by atoms with E-state index in [-0.39, 0.29) is 12.3 Å². The van der Waals surface area contributed by atoms with Crippen LogP contribution in [0.3, 0.4) is 0 Å². The number of aromatic nitrogens is 1. The molecule has 17 heavy (non-hydrogen) atoms. The molecule has 0 fully saturated rings. The van der Waals surface area contributed by atoms with E-state index in [0.717, 1.165) is 0 Å². The molecule has 3 N–H and O–H groups in total. The van der Waals surface area contributed by atoms with Crippen molar-refractivity contribution in [3.63, 3.8) is 0 Å². The largest absolute Gasteiger partial charge is 0.480 e. The average molecular weight is 240 g/mol. The number of aliphatic carboxylic acids is 1. The van der Waals surface area contributed by atoms with Crippen molar-refractivity contribution < 1.29 is 19.4 Å². The summed E-state index contributed by atoms with van der Waals surface area (Å²) in [7, 11) is 1.33. The molecule has 1 atom stereocenters. The minimum absolute atomic E-state index is 0.000136. The lowest BCUT2D eigenvalue weighted by molar-refractivity contribution is -0.140. The normalized spacial score (nSPS) is 11.8. The van der Waals surface area contributed by atoms with Gasteiger partial charge in [-0.1, -0.05) is 6.07 Å². The van der Waals surface area contributed by atoms with Crippen LogP contribution in [0.5, 0.6) is 0 Å². The van der Waals surface area contributed by atoms with E-state index in [4.69, 9.17) is 5.11 Å². The maximum Gasteiger partial charge on any atom is 0.328 e. The predicted octanol–water partition coefficient (Wildman–Crippen LogP) is -0.796. The van der Waals surface area contributed by atoms with Gasteiger partial charge in [0.1, 0.15) is 5.69 Å². The van der Waals surface area contributed by atoms with Crippen LogP contribution in [0.4, 0.5) is 0 Å². The van der Waals surface area contributed by atoms with Crippen molar-refractivity contribution in [2.45, 2.75) is 6.04 Å². The molecule has 0 saturated carbocycles. The number of carboxylic acid groups (broad SMARTS) is 1. The average Bonchev–Trinajstić information content (AvgIpc) is 2.28. The summed E-state index contributed by atoms with van der Waals surface area (Å²) in [6, 6.07) is 2.87. The molecule has 0 bridgehead atoms. The maximum absolute atomic E-state index is 11.6. The summed E-state index contributed by atoms with van der Waals surface area (Å²) < 4.78 is 4.66. The summed E-state index contributed by atoms with van der Waals surface area (Å²) in [6.45, 7) is -0.155. The van der Waals surface area contributed by atoms with E-state index >= 15 is 0 Å². The number of amides is 1. The van der Waals surface area contributed by atoms with Gasteiger partial charge in [-0.15, -0.1) is 0 Å². The first-order valence-corrected chi connectivity index (χ1v) is 4.76. The number of rotatable bonds is 5. The van der Waals surface area contributed by atoms with Gasteiger partial charge in [-0.25, -0.2) is 4.79 Å². The third-order valence-electron chi connectivity index (χ3n) is 1.95. The number of aromatic amines is 1. The molecule has 0 aromatic carbocycles. The van der Waals surface area contributed by atoms with Crippen LogP contribution in [0.15, 0.2) is 23.0 Å². The number of hydrogen-bond donors (Lipinski definition) is 3. The lowest BCUT2D eigenvalue weighted by atomic mass is 10.2. The Labute approximate surface area is 96.4 Å². The van der Waals surface area contributed by atoms with Crippen LogP contribution in [-0.2, 0) is 9.53 Å². The van der Waals surface area contributed by atoms with Crippen LogP contribution in [-0.4, -0.2) is 41.7 Å². The van der Waals surface area contributed by atoms with Gasteiger partial charge in [0, 0.05) is 13.2 Å². The zero-order valence-corrected chi connectivity index (χ0v) is 9.10. The van der Waals surface area contributed by atoms with Crippen LogP contribution in [0.25, 0.3) is 0 Å². The van der Waals surface area contributed by atoms with E-state index in [1.807, 2.05) is 0 Å². The molecule has 0 saturated heterocycles. The van der Waals surface area contributed by atoms with E-state index < -0.39 is 23.5 Å². The number of pyridine rings is 1. The third-order valence-corrected chi connectivity index (χ3v) is 1.95. The number of carbonyl (C=O) groups excluding carboxylic acids is 1. The van der Waals surface area contributed by atoms with Gasteiger partial charge in [-0.3, -0.25) is 9.59 Å². The van der Waals surface area contributed by atoms with Gasteiger partial charge in [-0.05, 0) is 6.07 Å². The standard InChI is InChI=1S/C10H12N2O5/c1-17-5-7(10(15)16)12-9(14)6-3-2-4-8(13)11-6/h2-4,7H,5H2,1H3,(H,11,13)(H,12,14)(H,15,16). The molecule has 7 nitrogen and oxygen atoms in total. The van der Waals surface area contributed by atoms with Gasteiger partial charge in [-0.2, -0.15) is 0 Å². The molecular weight excluding hydrogens is 228 g/mol. The van der Waals surface area contributed by atoms with E-state index in [0.29, 0.717) is 0 Å².